The van der Waals surface area contributed by atoms with E-state index in [1.54, 1.807) is 0 Å². The number of phosphoric acid groups is 1. The van der Waals surface area contributed by atoms with Gasteiger partial charge in [-0.25, -0.2) is 4.57 Å². The van der Waals surface area contributed by atoms with Gasteiger partial charge in [-0.15, -0.1) is 0 Å². The van der Waals surface area contributed by atoms with Crippen molar-refractivity contribution in [1.29, 1.82) is 0 Å². The standard InChI is InChI=1S/C60H99O11P/c1-4-7-10-13-16-19-22-25-27-28-30-33-36-39-42-45-48-51-60(64)71-57(53-67-58(62)49-46-43-40-37-34-32-29-26-23-20-17-14-11-8-5-2)55-69-72(65,66)68-54-56(52-61)70-59(63)50-47-44-41-38-35-31-24-21-18-15-12-9-6-3/h7-8,10-12,15-17,19-21,24-27,29,34,37,56-57,61H,4-6,9,13-14,18,22-23,28,30-33,35-36,38-55H2,1-3H3,(H,65,66)/b10-7-,11-8-,15-12-,19-16-,20-17-,24-21-,27-25-,29-26-,37-34-. The van der Waals surface area contributed by atoms with Crippen molar-refractivity contribution in [3.63, 3.8) is 0 Å². The smallest absolute Gasteiger partial charge is 0.462 e. The quantitative estimate of drug-likeness (QED) is 0.0197. The van der Waals surface area contributed by atoms with Crippen molar-refractivity contribution in [3.05, 3.63) is 109 Å². The van der Waals surface area contributed by atoms with Gasteiger partial charge in [-0.2, -0.15) is 0 Å². The molecule has 0 aliphatic rings. The Bertz CT molecular complexity index is 1620. The molecule has 0 aromatic heterocycles. The number of aliphatic hydroxyl groups is 1. The van der Waals surface area contributed by atoms with Crippen molar-refractivity contribution in [2.24, 2.45) is 0 Å². The number of carbonyl (C=O) groups excluding carboxylic acids is 3. The van der Waals surface area contributed by atoms with Gasteiger partial charge in [0.2, 0.25) is 0 Å². The summed E-state index contributed by atoms with van der Waals surface area (Å²) in [6, 6.07) is 0. The zero-order valence-electron chi connectivity index (χ0n) is 45.1. The first-order valence-electron chi connectivity index (χ1n) is 27.8. The third kappa shape index (κ3) is 51.1. The molecule has 72 heavy (non-hydrogen) atoms. The van der Waals surface area contributed by atoms with E-state index >= 15 is 0 Å². The molecule has 0 fully saturated rings. The Kier molecular flexibility index (Phi) is 50.6. The number of aliphatic hydroxyl groups excluding tert-OH is 1. The van der Waals surface area contributed by atoms with E-state index in [4.69, 9.17) is 23.3 Å². The van der Waals surface area contributed by atoms with Crippen molar-refractivity contribution in [3.8, 4) is 0 Å². The number of hydrogen-bond donors (Lipinski definition) is 2. The molecule has 11 nitrogen and oxygen atoms in total. The van der Waals surface area contributed by atoms with Crippen LogP contribution in [0.25, 0.3) is 0 Å². The number of unbranched alkanes of at least 4 members (excludes halogenated alkanes) is 15. The van der Waals surface area contributed by atoms with Crippen molar-refractivity contribution < 1.29 is 52.2 Å². The molecule has 410 valence electrons. The van der Waals surface area contributed by atoms with E-state index in [0.29, 0.717) is 19.3 Å². The molecule has 0 bridgehead atoms. The number of carbonyl (C=O) groups is 3. The summed E-state index contributed by atoms with van der Waals surface area (Å²) in [5.41, 5.74) is 0. The molecule has 2 N–H and O–H groups in total. The Morgan fingerprint density at radius 3 is 1.14 bits per heavy atom. The lowest BCUT2D eigenvalue weighted by Crippen LogP contribution is -2.30. The van der Waals surface area contributed by atoms with E-state index in [-0.39, 0.29) is 25.9 Å². The molecule has 0 amide bonds. The Balaban J connectivity index is 4.83. The summed E-state index contributed by atoms with van der Waals surface area (Å²) in [5, 5.41) is 9.79. The SMILES string of the molecule is CC/C=C\C/C=C\C/C=C\C/C=C\CCCCC(=O)OCC(COP(=O)(O)OCC(CO)OC(=O)CCCCCCC/C=C\C/C=C\CCC)OC(=O)CCCCCCCCC/C=C\C/C=C\C/C=C\CC. The first-order chi connectivity index (χ1) is 35.2. The maximum atomic E-state index is 12.9. The van der Waals surface area contributed by atoms with Crippen molar-refractivity contribution in [2.75, 3.05) is 26.4 Å². The van der Waals surface area contributed by atoms with Crippen LogP contribution in [0.3, 0.4) is 0 Å². The van der Waals surface area contributed by atoms with E-state index in [0.717, 1.165) is 154 Å². The molecule has 0 spiro atoms. The van der Waals surface area contributed by atoms with Gasteiger partial charge in [0.1, 0.15) is 12.7 Å². The maximum absolute atomic E-state index is 12.9. The largest absolute Gasteiger partial charge is 0.472 e. The number of allylic oxidation sites excluding steroid dienone is 18. The monoisotopic (exact) mass is 1030 g/mol. The predicted octanol–water partition coefficient (Wildman–Crippen LogP) is 16.2. The molecule has 12 heteroatoms. The highest BCUT2D eigenvalue weighted by atomic mass is 31.2. The second-order valence-corrected chi connectivity index (χ2v) is 19.4. The molecule has 0 aromatic rings. The van der Waals surface area contributed by atoms with Crippen molar-refractivity contribution >= 4 is 25.7 Å². The molecular weight excluding hydrogens is 928 g/mol. The minimum Gasteiger partial charge on any atom is -0.462 e. The van der Waals surface area contributed by atoms with Gasteiger partial charge >= 0.3 is 25.7 Å². The lowest BCUT2D eigenvalue weighted by Gasteiger charge is -2.21. The fourth-order valence-corrected chi connectivity index (χ4v) is 7.77. The predicted molar refractivity (Wildman–Crippen MR) is 297 cm³/mol. The van der Waals surface area contributed by atoms with Gasteiger partial charge in [0.05, 0.1) is 19.8 Å². The van der Waals surface area contributed by atoms with Crippen LogP contribution in [0.15, 0.2) is 109 Å². The van der Waals surface area contributed by atoms with E-state index < -0.39 is 57.8 Å². The maximum Gasteiger partial charge on any atom is 0.472 e. The van der Waals surface area contributed by atoms with Gasteiger partial charge in [-0.3, -0.25) is 23.4 Å². The van der Waals surface area contributed by atoms with Gasteiger partial charge in [-0.05, 0) is 116 Å². The van der Waals surface area contributed by atoms with Gasteiger partial charge in [0.15, 0.2) is 6.10 Å². The summed E-state index contributed by atoms with van der Waals surface area (Å²) < 4.78 is 39.4. The third-order valence-electron chi connectivity index (χ3n) is 11.1. The van der Waals surface area contributed by atoms with Crippen molar-refractivity contribution in [2.45, 2.75) is 226 Å². The minimum absolute atomic E-state index is 0.141. The van der Waals surface area contributed by atoms with Gasteiger partial charge in [-0.1, -0.05) is 188 Å². The molecule has 0 aliphatic heterocycles. The van der Waals surface area contributed by atoms with Crippen LogP contribution >= 0.6 is 7.82 Å². The molecule has 3 atom stereocenters. The molecule has 0 rings (SSSR count). The number of phosphoric ester groups is 1. The number of esters is 3. The molecule has 3 unspecified atom stereocenters. The molecule has 0 heterocycles. The van der Waals surface area contributed by atoms with Crippen LogP contribution in [0.4, 0.5) is 0 Å². The summed E-state index contributed by atoms with van der Waals surface area (Å²) in [4.78, 5) is 48.5. The second-order valence-electron chi connectivity index (χ2n) is 18.0. The fraction of sp³-hybridized carbons (Fsp3) is 0.650. The van der Waals surface area contributed by atoms with E-state index in [1.165, 1.54) is 0 Å². The zero-order valence-corrected chi connectivity index (χ0v) is 46.0. The fourth-order valence-electron chi connectivity index (χ4n) is 6.99. The van der Waals surface area contributed by atoms with Gasteiger partial charge in [0, 0.05) is 19.3 Å². The van der Waals surface area contributed by atoms with Crippen LogP contribution in [0.2, 0.25) is 0 Å². The lowest BCUT2D eigenvalue weighted by molar-refractivity contribution is -0.161. The molecular formula is C60H99O11P. The van der Waals surface area contributed by atoms with E-state index in [1.807, 2.05) is 0 Å². The first kappa shape index (κ1) is 68.1. The van der Waals surface area contributed by atoms with Crippen LogP contribution in [-0.2, 0) is 42.2 Å². The number of hydrogen-bond acceptors (Lipinski definition) is 10. The third-order valence-corrected chi connectivity index (χ3v) is 12.1. The molecule has 0 saturated carbocycles. The average molecular weight is 1030 g/mol. The molecule has 0 saturated heterocycles. The van der Waals surface area contributed by atoms with Crippen LogP contribution in [0, 0.1) is 0 Å². The Labute approximate surface area is 437 Å². The Morgan fingerprint density at radius 1 is 0.403 bits per heavy atom. The number of ether oxygens (including phenoxy) is 3. The Morgan fingerprint density at radius 2 is 0.722 bits per heavy atom. The summed E-state index contributed by atoms with van der Waals surface area (Å²) in [6.45, 7) is 4.26. The highest BCUT2D eigenvalue weighted by molar-refractivity contribution is 7.47. The first-order valence-corrected chi connectivity index (χ1v) is 29.3. The van der Waals surface area contributed by atoms with E-state index in [2.05, 4.69) is 130 Å². The summed E-state index contributed by atoms with van der Waals surface area (Å²) >= 11 is 0. The highest BCUT2D eigenvalue weighted by Gasteiger charge is 2.28. The van der Waals surface area contributed by atoms with E-state index in [9.17, 15) is 28.9 Å². The Hall–Kier alpha value is -3.86. The zero-order chi connectivity index (χ0) is 52.7. The highest BCUT2D eigenvalue weighted by Crippen LogP contribution is 2.43. The van der Waals surface area contributed by atoms with Gasteiger partial charge < -0.3 is 24.2 Å². The summed E-state index contributed by atoms with van der Waals surface area (Å²) in [7, 11) is -4.77. The minimum atomic E-state index is -4.77. The second kappa shape index (κ2) is 53.4. The van der Waals surface area contributed by atoms with Crippen LogP contribution in [-0.4, -0.2) is 66.5 Å². The van der Waals surface area contributed by atoms with Crippen LogP contribution < -0.4 is 0 Å². The summed E-state index contributed by atoms with van der Waals surface area (Å²) in [6.07, 6.45) is 63.4. The number of rotatable bonds is 50. The molecule has 0 radical (unpaired) electrons. The summed E-state index contributed by atoms with van der Waals surface area (Å²) in [5.74, 6) is -1.55. The molecule has 0 aromatic carbocycles. The average Bonchev–Trinajstić information content (AvgIpc) is 3.37. The lowest BCUT2D eigenvalue weighted by atomic mass is 10.1. The van der Waals surface area contributed by atoms with Gasteiger partial charge in [0.25, 0.3) is 0 Å². The van der Waals surface area contributed by atoms with Crippen LogP contribution in [0.5, 0.6) is 0 Å². The topological polar surface area (TPSA) is 155 Å². The van der Waals surface area contributed by atoms with Crippen molar-refractivity contribution in [1.82, 2.24) is 0 Å². The molecule has 0 aliphatic carbocycles. The van der Waals surface area contributed by atoms with Crippen LogP contribution in [0.1, 0.15) is 213 Å². The normalized spacial score (nSPS) is 14.2.